The highest BCUT2D eigenvalue weighted by Gasteiger charge is 2.10. The van der Waals surface area contributed by atoms with Gasteiger partial charge in [0.1, 0.15) is 11.6 Å². The largest absolute Gasteiger partial charge is 0.508 e. The Kier molecular flexibility index (Phi) is 3.41. The number of phenols is 1. The molecule has 0 radical (unpaired) electrons. The van der Waals surface area contributed by atoms with Crippen molar-refractivity contribution in [3.63, 3.8) is 0 Å². The van der Waals surface area contributed by atoms with Gasteiger partial charge in [0.15, 0.2) is 11.6 Å². The molecule has 2 N–H and O–H groups in total. The van der Waals surface area contributed by atoms with Gasteiger partial charge in [-0.1, -0.05) is 12.1 Å². The summed E-state index contributed by atoms with van der Waals surface area (Å²) in [5, 5.41) is 11.8. The second-order valence-corrected chi connectivity index (χ2v) is 3.77. The molecule has 0 aliphatic carbocycles. The highest BCUT2D eigenvalue weighted by Crippen LogP contribution is 2.20. The number of benzene rings is 2. The lowest BCUT2D eigenvalue weighted by molar-refractivity contribution is 0.474. The third-order valence-electron chi connectivity index (χ3n) is 2.39. The van der Waals surface area contributed by atoms with Crippen LogP contribution in [0.2, 0.25) is 0 Å². The summed E-state index contributed by atoms with van der Waals surface area (Å²) in [5.74, 6) is -3.16. The SMILES string of the molecule is Oc1cccc(CNc2cc(F)cc(F)c2F)c1. The van der Waals surface area contributed by atoms with Crippen LogP contribution in [0.1, 0.15) is 5.56 Å². The van der Waals surface area contributed by atoms with Crippen molar-refractivity contribution in [1.29, 1.82) is 0 Å². The van der Waals surface area contributed by atoms with Crippen LogP contribution in [0.15, 0.2) is 36.4 Å². The summed E-state index contributed by atoms with van der Waals surface area (Å²) in [6.45, 7) is 0.147. The predicted octanol–water partition coefficient (Wildman–Crippen LogP) is 3.42. The van der Waals surface area contributed by atoms with E-state index in [4.69, 9.17) is 0 Å². The molecule has 94 valence electrons. The molecule has 0 heterocycles. The van der Waals surface area contributed by atoms with Crippen molar-refractivity contribution in [3.8, 4) is 5.75 Å². The van der Waals surface area contributed by atoms with E-state index in [2.05, 4.69) is 5.32 Å². The van der Waals surface area contributed by atoms with Gasteiger partial charge in [-0.05, 0) is 17.7 Å². The number of halogens is 3. The van der Waals surface area contributed by atoms with Crippen molar-refractivity contribution in [2.24, 2.45) is 0 Å². The molecule has 0 aliphatic rings. The molecule has 0 atom stereocenters. The molecule has 0 saturated carbocycles. The van der Waals surface area contributed by atoms with Gasteiger partial charge in [-0.3, -0.25) is 0 Å². The lowest BCUT2D eigenvalue weighted by Crippen LogP contribution is -2.03. The fourth-order valence-corrected chi connectivity index (χ4v) is 1.55. The summed E-state index contributed by atoms with van der Waals surface area (Å²) in [7, 11) is 0. The Morgan fingerprint density at radius 1 is 1.06 bits per heavy atom. The Bertz CT molecular complexity index is 572. The Labute approximate surface area is 102 Å². The third kappa shape index (κ3) is 2.74. The molecule has 0 unspecified atom stereocenters. The highest BCUT2D eigenvalue weighted by atomic mass is 19.2. The van der Waals surface area contributed by atoms with Crippen LogP contribution in [-0.4, -0.2) is 5.11 Å². The van der Waals surface area contributed by atoms with Crippen LogP contribution >= 0.6 is 0 Å². The first kappa shape index (κ1) is 12.3. The van der Waals surface area contributed by atoms with E-state index in [1.165, 1.54) is 12.1 Å². The third-order valence-corrected chi connectivity index (χ3v) is 2.39. The minimum Gasteiger partial charge on any atom is -0.508 e. The molecule has 0 aromatic heterocycles. The summed E-state index contributed by atoms with van der Waals surface area (Å²) in [6, 6.07) is 7.64. The molecule has 0 amide bonds. The molecule has 0 saturated heterocycles. The average Bonchev–Trinajstić information content (AvgIpc) is 2.32. The number of hydrogen-bond donors (Lipinski definition) is 2. The summed E-state index contributed by atoms with van der Waals surface area (Å²) >= 11 is 0. The van der Waals surface area contributed by atoms with Crippen LogP contribution in [0, 0.1) is 17.5 Å². The van der Waals surface area contributed by atoms with Crippen LogP contribution in [-0.2, 0) is 6.54 Å². The maximum atomic E-state index is 13.3. The summed E-state index contributed by atoms with van der Waals surface area (Å²) in [6.07, 6.45) is 0. The Morgan fingerprint density at radius 3 is 2.56 bits per heavy atom. The smallest absolute Gasteiger partial charge is 0.182 e. The molecule has 2 aromatic rings. The van der Waals surface area contributed by atoms with E-state index in [1.807, 2.05) is 0 Å². The van der Waals surface area contributed by atoms with Crippen LogP contribution in [0.5, 0.6) is 5.75 Å². The molecule has 2 aromatic carbocycles. The van der Waals surface area contributed by atoms with Crippen molar-refractivity contribution >= 4 is 5.69 Å². The minimum absolute atomic E-state index is 0.0696. The van der Waals surface area contributed by atoms with E-state index in [0.717, 1.165) is 6.07 Å². The lowest BCUT2D eigenvalue weighted by atomic mass is 10.2. The van der Waals surface area contributed by atoms with Crippen molar-refractivity contribution < 1.29 is 18.3 Å². The molecule has 18 heavy (non-hydrogen) atoms. The molecule has 5 heteroatoms. The van der Waals surface area contributed by atoms with Gasteiger partial charge in [0, 0.05) is 18.7 Å². The number of hydrogen-bond acceptors (Lipinski definition) is 2. The zero-order valence-corrected chi connectivity index (χ0v) is 9.25. The summed E-state index contributed by atoms with van der Waals surface area (Å²) in [4.78, 5) is 0. The number of nitrogens with one attached hydrogen (secondary N) is 1. The van der Waals surface area contributed by atoms with E-state index in [-0.39, 0.29) is 18.0 Å². The number of phenolic OH excluding ortho intramolecular Hbond substituents is 1. The van der Waals surface area contributed by atoms with Crippen LogP contribution in [0.3, 0.4) is 0 Å². The minimum atomic E-state index is -1.24. The van der Waals surface area contributed by atoms with E-state index in [1.54, 1.807) is 12.1 Å². The molecule has 2 rings (SSSR count). The van der Waals surface area contributed by atoms with Gasteiger partial charge in [0.25, 0.3) is 0 Å². The normalized spacial score (nSPS) is 10.4. The molecule has 2 nitrogen and oxygen atoms in total. The van der Waals surface area contributed by atoms with Crippen molar-refractivity contribution in [2.75, 3.05) is 5.32 Å². The second-order valence-electron chi connectivity index (χ2n) is 3.77. The van der Waals surface area contributed by atoms with Gasteiger partial charge < -0.3 is 10.4 Å². The van der Waals surface area contributed by atoms with E-state index < -0.39 is 17.5 Å². The first-order valence-electron chi connectivity index (χ1n) is 5.22. The number of aromatic hydroxyl groups is 1. The molecule has 0 spiro atoms. The van der Waals surface area contributed by atoms with Gasteiger partial charge in [-0.25, -0.2) is 13.2 Å². The van der Waals surface area contributed by atoms with Crippen LogP contribution < -0.4 is 5.32 Å². The number of rotatable bonds is 3. The maximum absolute atomic E-state index is 13.3. The molecule has 0 fully saturated rings. The first-order valence-corrected chi connectivity index (χ1v) is 5.22. The fourth-order valence-electron chi connectivity index (χ4n) is 1.55. The highest BCUT2D eigenvalue weighted by molar-refractivity contribution is 5.46. The Balaban J connectivity index is 2.15. The van der Waals surface area contributed by atoms with E-state index in [9.17, 15) is 18.3 Å². The second kappa shape index (κ2) is 5.00. The zero-order chi connectivity index (χ0) is 13.1. The monoisotopic (exact) mass is 253 g/mol. The van der Waals surface area contributed by atoms with Crippen molar-refractivity contribution in [2.45, 2.75) is 6.54 Å². The van der Waals surface area contributed by atoms with Crippen LogP contribution in [0.4, 0.5) is 18.9 Å². The quantitative estimate of drug-likeness (QED) is 0.821. The standard InChI is InChI=1S/C13H10F3NO/c14-9-5-11(15)13(16)12(6-9)17-7-8-2-1-3-10(18)4-8/h1-6,17-18H,7H2. The first-order chi connectivity index (χ1) is 8.56. The van der Waals surface area contributed by atoms with E-state index in [0.29, 0.717) is 11.6 Å². The molecule has 0 aliphatic heterocycles. The van der Waals surface area contributed by atoms with Gasteiger partial charge in [-0.15, -0.1) is 0 Å². The summed E-state index contributed by atoms with van der Waals surface area (Å²) in [5.41, 5.74) is 0.412. The molecular weight excluding hydrogens is 243 g/mol. The van der Waals surface area contributed by atoms with Gasteiger partial charge in [0.2, 0.25) is 0 Å². The lowest BCUT2D eigenvalue weighted by Gasteiger charge is -2.08. The number of anilines is 1. The Morgan fingerprint density at radius 2 is 1.83 bits per heavy atom. The zero-order valence-electron chi connectivity index (χ0n) is 9.25. The fraction of sp³-hybridized carbons (Fsp3) is 0.0769. The maximum Gasteiger partial charge on any atom is 0.182 e. The van der Waals surface area contributed by atoms with E-state index >= 15 is 0 Å². The van der Waals surface area contributed by atoms with Gasteiger partial charge >= 0.3 is 0 Å². The van der Waals surface area contributed by atoms with Crippen molar-refractivity contribution in [3.05, 3.63) is 59.4 Å². The average molecular weight is 253 g/mol. The molecule has 0 bridgehead atoms. The van der Waals surface area contributed by atoms with Crippen LogP contribution in [0.25, 0.3) is 0 Å². The topological polar surface area (TPSA) is 32.3 Å². The van der Waals surface area contributed by atoms with Crippen molar-refractivity contribution in [1.82, 2.24) is 0 Å². The molecular formula is C13H10F3NO. The van der Waals surface area contributed by atoms with Gasteiger partial charge in [0.05, 0.1) is 5.69 Å². The Hall–Kier alpha value is -2.17. The summed E-state index contributed by atoms with van der Waals surface area (Å²) < 4.78 is 39.2. The van der Waals surface area contributed by atoms with Gasteiger partial charge in [-0.2, -0.15) is 0 Å². The predicted molar refractivity (Wildman–Crippen MR) is 61.7 cm³/mol.